The maximum absolute atomic E-state index is 7.01. The quantitative estimate of drug-likeness (QED) is 0.220. The van der Waals surface area contributed by atoms with Gasteiger partial charge in [-0.25, -0.2) is 0 Å². The zero-order valence-corrected chi connectivity index (χ0v) is 23.9. The number of hydrogen-bond acceptors (Lipinski definition) is 3. The molecule has 3 heterocycles. The van der Waals surface area contributed by atoms with Crippen molar-refractivity contribution in [1.82, 2.24) is 0 Å². The number of benzene rings is 1. The molecule has 0 fully saturated rings. The van der Waals surface area contributed by atoms with Crippen LogP contribution in [0.4, 0.5) is 0 Å². The topological polar surface area (TPSA) is 0 Å². The van der Waals surface area contributed by atoms with Gasteiger partial charge in [0.1, 0.15) is 0 Å². The van der Waals surface area contributed by atoms with Gasteiger partial charge in [0.25, 0.3) is 0 Å². The van der Waals surface area contributed by atoms with Crippen LogP contribution >= 0.6 is 45.6 Å². The summed E-state index contributed by atoms with van der Waals surface area (Å²) in [7, 11) is 0. The highest BCUT2D eigenvalue weighted by atomic mass is 35.5. The molecule has 1 aromatic carbocycles. The Morgan fingerprint density at radius 2 is 1.62 bits per heavy atom. The lowest BCUT2D eigenvalue weighted by Crippen LogP contribution is -2.00. The first-order valence-corrected chi connectivity index (χ1v) is 15.3. The van der Waals surface area contributed by atoms with Gasteiger partial charge in [-0.1, -0.05) is 37.6 Å². The minimum atomic E-state index is 0.963. The van der Waals surface area contributed by atoms with E-state index in [1.54, 1.807) is 10.4 Å². The number of rotatable bonds is 6. The lowest BCUT2D eigenvalue weighted by molar-refractivity contribution is 0.712. The first kappa shape index (κ1) is 24.3. The summed E-state index contributed by atoms with van der Waals surface area (Å²) >= 11 is 12.9. The second kappa shape index (κ2) is 9.93. The van der Waals surface area contributed by atoms with Crippen molar-refractivity contribution >= 4 is 61.8 Å². The lowest BCUT2D eigenvalue weighted by atomic mass is 9.90. The minimum absolute atomic E-state index is 0.963. The zero-order chi connectivity index (χ0) is 24.0. The molecule has 1 aliphatic carbocycles. The van der Waals surface area contributed by atoms with Crippen molar-refractivity contribution in [3.63, 3.8) is 0 Å². The van der Waals surface area contributed by atoms with Crippen LogP contribution in [0.3, 0.4) is 0 Å². The van der Waals surface area contributed by atoms with Gasteiger partial charge in [-0.05, 0) is 98.4 Å². The molecule has 0 unspecified atom stereocenters. The van der Waals surface area contributed by atoms with E-state index in [9.17, 15) is 0 Å². The van der Waals surface area contributed by atoms with E-state index in [2.05, 4.69) is 46.4 Å². The van der Waals surface area contributed by atoms with E-state index >= 15 is 0 Å². The Morgan fingerprint density at radius 1 is 0.912 bits per heavy atom. The summed E-state index contributed by atoms with van der Waals surface area (Å²) in [6.07, 6.45) is 11.6. The summed E-state index contributed by atoms with van der Waals surface area (Å²) in [5.74, 6) is 0. The minimum Gasteiger partial charge on any atom is -0.145 e. The molecule has 0 atom stereocenters. The van der Waals surface area contributed by atoms with E-state index < -0.39 is 0 Å². The molecule has 0 saturated heterocycles. The molecule has 0 aliphatic heterocycles. The molecule has 0 nitrogen and oxygen atoms in total. The van der Waals surface area contributed by atoms with Crippen LogP contribution in [0.1, 0.15) is 84.0 Å². The summed E-state index contributed by atoms with van der Waals surface area (Å²) in [4.78, 5) is 7.23. The van der Waals surface area contributed by atoms with Crippen molar-refractivity contribution in [2.75, 3.05) is 0 Å². The van der Waals surface area contributed by atoms with E-state index in [0.717, 1.165) is 24.3 Å². The average molecular weight is 525 g/mol. The Bertz CT molecular complexity index is 1350. The van der Waals surface area contributed by atoms with Crippen LogP contribution in [-0.2, 0) is 32.1 Å². The molecule has 1 aliphatic rings. The second-order valence-electron chi connectivity index (χ2n) is 9.61. The van der Waals surface area contributed by atoms with Crippen LogP contribution in [0.25, 0.3) is 16.2 Å². The maximum Gasteiger partial charge on any atom is 0.0624 e. The van der Waals surface area contributed by atoms with Gasteiger partial charge in [0.05, 0.1) is 5.02 Å². The molecule has 178 valence electrons. The van der Waals surface area contributed by atoms with Gasteiger partial charge in [0.2, 0.25) is 0 Å². The van der Waals surface area contributed by atoms with Crippen molar-refractivity contribution in [3.05, 3.63) is 81.5 Å². The fraction of sp³-hybridized carbons (Fsp3) is 0.400. The van der Waals surface area contributed by atoms with Crippen LogP contribution in [0.2, 0.25) is 5.02 Å². The van der Waals surface area contributed by atoms with Gasteiger partial charge >= 0.3 is 0 Å². The van der Waals surface area contributed by atoms with Crippen LogP contribution in [0, 0.1) is 20.8 Å². The van der Waals surface area contributed by atoms with E-state index in [1.165, 1.54) is 89.5 Å². The number of halogens is 1. The standard InChI is InChI=1S/C30H33ClS3/c1-6-20-13-22(33-26(20)7-2)16-25-18(4)17(3)24(28-29(31)19(5)32-30(25)28)15-23-14-21-11-9-8-10-12-27(21)34-23/h6,13-14H,1,7-12,15-16H2,2-5H3. The van der Waals surface area contributed by atoms with E-state index in [-0.39, 0.29) is 0 Å². The van der Waals surface area contributed by atoms with E-state index in [0.29, 0.717) is 0 Å². The molecule has 5 rings (SSSR count). The molecule has 4 aromatic rings. The highest BCUT2D eigenvalue weighted by Crippen LogP contribution is 2.44. The Hall–Kier alpha value is -1.39. The first-order valence-electron chi connectivity index (χ1n) is 12.4. The van der Waals surface area contributed by atoms with Gasteiger partial charge in [-0.3, -0.25) is 0 Å². The number of hydrogen-bond donors (Lipinski definition) is 0. The summed E-state index contributed by atoms with van der Waals surface area (Å²) in [6, 6.07) is 4.84. The van der Waals surface area contributed by atoms with Crippen LogP contribution < -0.4 is 0 Å². The summed E-state index contributed by atoms with van der Waals surface area (Å²) in [5.41, 5.74) is 8.65. The molecule has 0 spiro atoms. The van der Waals surface area contributed by atoms with Gasteiger partial charge in [0, 0.05) is 47.3 Å². The predicted octanol–water partition coefficient (Wildman–Crippen LogP) is 10.3. The van der Waals surface area contributed by atoms with Crippen molar-refractivity contribution in [2.45, 2.75) is 79.1 Å². The molecule has 0 radical (unpaired) electrons. The zero-order valence-electron chi connectivity index (χ0n) is 20.7. The Kier molecular flexibility index (Phi) is 7.10. The van der Waals surface area contributed by atoms with Crippen LogP contribution in [0.5, 0.6) is 0 Å². The highest BCUT2D eigenvalue weighted by molar-refractivity contribution is 7.20. The molecule has 34 heavy (non-hydrogen) atoms. The van der Waals surface area contributed by atoms with Crippen molar-refractivity contribution in [2.24, 2.45) is 0 Å². The Labute approximate surface area is 221 Å². The lowest BCUT2D eigenvalue weighted by Gasteiger charge is -2.16. The number of fused-ring (bicyclic) bond motifs is 2. The highest BCUT2D eigenvalue weighted by Gasteiger charge is 2.22. The van der Waals surface area contributed by atoms with Gasteiger partial charge < -0.3 is 0 Å². The third-order valence-corrected chi connectivity index (χ3v) is 11.8. The number of thiophene rings is 3. The Morgan fingerprint density at radius 3 is 2.35 bits per heavy atom. The molecular formula is C30H33ClS3. The smallest absolute Gasteiger partial charge is 0.0624 e. The van der Waals surface area contributed by atoms with Crippen LogP contribution in [-0.4, -0.2) is 0 Å². The third kappa shape index (κ3) is 4.34. The second-order valence-corrected chi connectivity index (χ2v) is 13.7. The average Bonchev–Trinajstić information content (AvgIpc) is 3.45. The largest absolute Gasteiger partial charge is 0.145 e. The normalized spacial score (nSPS) is 13.9. The fourth-order valence-electron chi connectivity index (χ4n) is 5.45. The van der Waals surface area contributed by atoms with Gasteiger partial charge in [-0.15, -0.1) is 34.0 Å². The van der Waals surface area contributed by atoms with E-state index in [4.69, 9.17) is 11.6 Å². The Balaban J connectivity index is 1.60. The molecule has 0 bridgehead atoms. The van der Waals surface area contributed by atoms with Crippen molar-refractivity contribution in [1.29, 1.82) is 0 Å². The fourth-order valence-corrected chi connectivity index (χ4v) is 9.40. The SMILES string of the molecule is C=Cc1cc(Cc2c(C)c(C)c(Cc3cc4c(s3)CCCCC4)c3c(Cl)c(C)sc23)sc1CC. The monoisotopic (exact) mass is 524 g/mol. The van der Waals surface area contributed by atoms with Gasteiger partial charge in [0.15, 0.2) is 0 Å². The summed E-state index contributed by atoms with van der Waals surface area (Å²) in [5, 5.41) is 2.27. The molecule has 0 N–H and O–H groups in total. The molecule has 4 heteroatoms. The molecular weight excluding hydrogens is 492 g/mol. The van der Waals surface area contributed by atoms with Gasteiger partial charge in [-0.2, -0.15) is 0 Å². The third-order valence-electron chi connectivity index (χ3n) is 7.49. The predicted molar refractivity (Wildman–Crippen MR) is 156 cm³/mol. The summed E-state index contributed by atoms with van der Waals surface area (Å²) in [6.45, 7) is 13.1. The van der Waals surface area contributed by atoms with E-state index in [1.807, 2.05) is 40.1 Å². The number of aryl methyl sites for hydroxylation is 4. The first-order chi connectivity index (χ1) is 16.4. The van der Waals surface area contributed by atoms with Crippen molar-refractivity contribution < 1.29 is 0 Å². The molecule has 0 saturated carbocycles. The molecule has 0 amide bonds. The maximum atomic E-state index is 7.01. The summed E-state index contributed by atoms with van der Waals surface area (Å²) < 4.78 is 1.39. The van der Waals surface area contributed by atoms with Crippen LogP contribution in [0.15, 0.2) is 18.7 Å². The van der Waals surface area contributed by atoms with Crippen molar-refractivity contribution in [3.8, 4) is 0 Å². The molecule has 3 aromatic heterocycles.